The lowest BCUT2D eigenvalue weighted by Gasteiger charge is -2.21. The minimum atomic E-state index is -0.443. The molecule has 0 spiro atoms. The number of carbonyl (C=O) groups is 1. The Morgan fingerprint density at radius 1 is 1.58 bits per heavy atom. The van der Waals surface area contributed by atoms with E-state index in [0.717, 1.165) is 25.3 Å². The Kier molecular flexibility index (Phi) is 4.09. The summed E-state index contributed by atoms with van der Waals surface area (Å²) in [7, 11) is 2.12. The zero-order valence-electron chi connectivity index (χ0n) is 11.8. The number of nitrogens with two attached hydrogens (primary N) is 1. The largest absolute Gasteiger partial charge is 0.461 e. The van der Waals surface area contributed by atoms with Crippen molar-refractivity contribution in [3.8, 4) is 0 Å². The number of nitrogen functional groups attached to an aromatic ring is 1. The van der Waals surface area contributed by atoms with Crippen molar-refractivity contribution in [2.75, 3.05) is 25.9 Å². The molecule has 0 saturated carbocycles. The van der Waals surface area contributed by atoms with E-state index in [4.69, 9.17) is 10.5 Å². The molecule has 1 saturated heterocycles. The van der Waals surface area contributed by atoms with Gasteiger partial charge in [-0.1, -0.05) is 0 Å². The topological polar surface area (TPSA) is 73.4 Å². The van der Waals surface area contributed by atoms with Crippen molar-refractivity contribution in [2.45, 2.75) is 39.3 Å². The Morgan fingerprint density at radius 2 is 2.32 bits per heavy atom. The Morgan fingerprint density at radius 3 is 2.89 bits per heavy atom. The summed E-state index contributed by atoms with van der Waals surface area (Å²) in [4.78, 5) is 18.3. The Bertz CT molecular complexity index is 469. The first-order chi connectivity index (χ1) is 9.04. The van der Waals surface area contributed by atoms with Crippen LogP contribution in [0.25, 0.3) is 0 Å². The molecule has 6 nitrogen and oxygen atoms in total. The minimum Gasteiger partial charge on any atom is -0.461 e. The molecule has 0 amide bonds. The van der Waals surface area contributed by atoms with Gasteiger partial charge in [-0.2, -0.15) is 0 Å². The number of aromatic nitrogens is 2. The van der Waals surface area contributed by atoms with Crippen molar-refractivity contribution in [3.63, 3.8) is 0 Å². The molecule has 19 heavy (non-hydrogen) atoms. The quantitative estimate of drug-likeness (QED) is 0.824. The Balaban J connectivity index is 2.19. The normalized spacial score (nSPS) is 19.8. The van der Waals surface area contributed by atoms with Gasteiger partial charge in [0.2, 0.25) is 0 Å². The maximum Gasteiger partial charge on any atom is 0.360 e. The van der Waals surface area contributed by atoms with E-state index in [2.05, 4.69) is 16.9 Å². The van der Waals surface area contributed by atoms with Gasteiger partial charge < -0.3 is 19.9 Å². The van der Waals surface area contributed by atoms with Gasteiger partial charge in [-0.15, -0.1) is 0 Å². The van der Waals surface area contributed by atoms with Crippen LogP contribution in [0, 0.1) is 6.92 Å². The van der Waals surface area contributed by atoms with Gasteiger partial charge in [0.15, 0.2) is 5.69 Å². The van der Waals surface area contributed by atoms with Crippen LogP contribution in [0.2, 0.25) is 0 Å². The number of likely N-dealkylation sites (tertiary alicyclic amines) is 1. The SMILES string of the molecule is CCOC(=O)c1nc(C)n(CC2CCCN2C)c1N. The van der Waals surface area contributed by atoms with Crippen LogP contribution >= 0.6 is 0 Å². The van der Waals surface area contributed by atoms with Crippen LogP contribution in [0.3, 0.4) is 0 Å². The van der Waals surface area contributed by atoms with Gasteiger partial charge in [0.1, 0.15) is 11.6 Å². The van der Waals surface area contributed by atoms with Gasteiger partial charge in [0, 0.05) is 12.6 Å². The van der Waals surface area contributed by atoms with Crippen molar-refractivity contribution in [1.82, 2.24) is 14.5 Å². The Hall–Kier alpha value is -1.56. The lowest BCUT2D eigenvalue weighted by Crippen LogP contribution is -2.30. The number of imidazole rings is 1. The molecule has 1 atom stereocenters. The molecule has 106 valence electrons. The van der Waals surface area contributed by atoms with E-state index in [9.17, 15) is 4.79 Å². The van der Waals surface area contributed by atoms with E-state index < -0.39 is 5.97 Å². The number of nitrogens with zero attached hydrogens (tertiary/aromatic N) is 3. The molecule has 0 aromatic carbocycles. The highest BCUT2D eigenvalue weighted by atomic mass is 16.5. The number of likely N-dealkylation sites (N-methyl/N-ethyl adjacent to an activating group) is 1. The standard InChI is InChI=1S/C13H22N4O2/c1-4-19-13(18)11-12(14)17(9(2)15-11)8-10-6-5-7-16(10)3/h10H,4-8,14H2,1-3H3. The van der Waals surface area contributed by atoms with E-state index in [1.165, 1.54) is 6.42 Å². The van der Waals surface area contributed by atoms with Gasteiger partial charge in [-0.3, -0.25) is 0 Å². The van der Waals surface area contributed by atoms with Crippen molar-refractivity contribution < 1.29 is 9.53 Å². The highest BCUT2D eigenvalue weighted by Crippen LogP contribution is 2.21. The number of hydrogen-bond acceptors (Lipinski definition) is 5. The number of carbonyl (C=O) groups excluding carboxylic acids is 1. The first kappa shape index (κ1) is 13.9. The second-order valence-corrected chi connectivity index (χ2v) is 5.00. The summed E-state index contributed by atoms with van der Waals surface area (Å²) in [6, 6.07) is 0.463. The molecule has 6 heteroatoms. The molecule has 1 aliphatic rings. The predicted octanol–water partition coefficient (Wildman–Crippen LogP) is 1.04. The van der Waals surface area contributed by atoms with Crippen LogP contribution in [0.5, 0.6) is 0 Å². The van der Waals surface area contributed by atoms with Gasteiger partial charge in [0.25, 0.3) is 0 Å². The van der Waals surface area contributed by atoms with Gasteiger partial charge in [-0.25, -0.2) is 9.78 Å². The minimum absolute atomic E-state index is 0.236. The first-order valence-corrected chi connectivity index (χ1v) is 6.74. The van der Waals surface area contributed by atoms with Gasteiger partial charge in [0.05, 0.1) is 6.61 Å². The third kappa shape index (κ3) is 2.73. The van der Waals surface area contributed by atoms with E-state index in [0.29, 0.717) is 18.5 Å². The summed E-state index contributed by atoms with van der Waals surface area (Å²) in [6.45, 7) is 5.86. The van der Waals surface area contributed by atoms with Crippen molar-refractivity contribution in [3.05, 3.63) is 11.5 Å². The molecule has 0 aliphatic carbocycles. The van der Waals surface area contributed by atoms with Crippen LogP contribution in [0.1, 0.15) is 36.1 Å². The summed E-state index contributed by atoms with van der Waals surface area (Å²) in [5.74, 6) is 0.735. The lowest BCUT2D eigenvalue weighted by molar-refractivity contribution is 0.0521. The molecule has 1 unspecified atom stereocenters. The molecule has 0 radical (unpaired) electrons. The fraction of sp³-hybridized carbons (Fsp3) is 0.692. The molecule has 1 aliphatic heterocycles. The third-order valence-corrected chi connectivity index (χ3v) is 3.73. The number of anilines is 1. The van der Waals surface area contributed by atoms with Crippen molar-refractivity contribution in [2.24, 2.45) is 0 Å². The van der Waals surface area contributed by atoms with Crippen LogP contribution in [0.4, 0.5) is 5.82 Å². The van der Waals surface area contributed by atoms with Crippen LogP contribution in [-0.2, 0) is 11.3 Å². The summed E-state index contributed by atoms with van der Waals surface area (Å²) < 4.78 is 6.88. The maximum atomic E-state index is 11.7. The van der Waals surface area contributed by atoms with E-state index >= 15 is 0 Å². The number of ether oxygens (including phenoxy) is 1. The van der Waals surface area contributed by atoms with E-state index in [1.54, 1.807) is 6.92 Å². The molecule has 1 fully saturated rings. The second-order valence-electron chi connectivity index (χ2n) is 5.00. The first-order valence-electron chi connectivity index (χ1n) is 6.74. The smallest absolute Gasteiger partial charge is 0.360 e. The maximum absolute atomic E-state index is 11.7. The summed E-state index contributed by atoms with van der Waals surface area (Å²) >= 11 is 0. The molecule has 1 aromatic heterocycles. The average Bonchev–Trinajstić information content (AvgIpc) is 2.88. The summed E-state index contributed by atoms with van der Waals surface area (Å²) in [5, 5.41) is 0. The van der Waals surface area contributed by atoms with Crippen LogP contribution < -0.4 is 5.73 Å². The molecular formula is C13H22N4O2. The summed E-state index contributed by atoms with van der Waals surface area (Å²) in [6.07, 6.45) is 2.36. The Labute approximate surface area is 113 Å². The number of esters is 1. The average molecular weight is 266 g/mol. The van der Waals surface area contributed by atoms with Crippen LogP contribution in [0.15, 0.2) is 0 Å². The van der Waals surface area contributed by atoms with E-state index in [1.807, 2.05) is 11.5 Å². The second kappa shape index (κ2) is 5.61. The van der Waals surface area contributed by atoms with E-state index in [-0.39, 0.29) is 5.69 Å². The van der Waals surface area contributed by atoms with Gasteiger partial charge >= 0.3 is 5.97 Å². The van der Waals surface area contributed by atoms with Gasteiger partial charge in [-0.05, 0) is 40.3 Å². The highest BCUT2D eigenvalue weighted by Gasteiger charge is 2.25. The monoisotopic (exact) mass is 266 g/mol. The molecule has 2 rings (SSSR count). The zero-order chi connectivity index (χ0) is 14.0. The zero-order valence-corrected chi connectivity index (χ0v) is 11.8. The van der Waals surface area contributed by atoms with Crippen molar-refractivity contribution in [1.29, 1.82) is 0 Å². The fourth-order valence-electron chi connectivity index (χ4n) is 2.58. The third-order valence-electron chi connectivity index (χ3n) is 3.73. The molecule has 2 heterocycles. The molecule has 2 N–H and O–H groups in total. The van der Waals surface area contributed by atoms with Crippen molar-refractivity contribution >= 4 is 11.8 Å². The lowest BCUT2D eigenvalue weighted by atomic mass is 10.2. The number of aryl methyl sites for hydroxylation is 1. The predicted molar refractivity (Wildman–Crippen MR) is 73.0 cm³/mol. The number of hydrogen-bond donors (Lipinski definition) is 1. The summed E-state index contributed by atoms with van der Waals surface area (Å²) in [5.41, 5.74) is 6.28. The van der Waals surface area contributed by atoms with Crippen LogP contribution in [-0.4, -0.2) is 46.7 Å². The highest BCUT2D eigenvalue weighted by molar-refractivity contribution is 5.92. The number of rotatable bonds is 4. The molecule has 1 aromatic rings. The molecule has 0 bridgehead atoms. The fourth-order valence-corrected chi connectivity index (χ4v) is 2.58. The molecular weight excluding hydrogens is 244 g/mol.